The van der Waals surface area contributed by atoms with Crippen LogP contribution in [-0.4, -0.2) is 134 Å². The zero-order valence-electron chi connectivity index (χ0n) is 23.8. The minimum atomic E-state index is -4.52. The second-order valence-corrected chi connectivity index (χ2v) is 18.5. The standard InChI is InChI=1S/C22H48N4O12P4/c27-39(28,29)15-23-11-5-13-25(17-41(33,34)35)21-9-3-4-10-22(21)26(18-42(36,37)38)14-6-12-24(16-40(30,31)32)20-8-2-1-7-19(20)23/h19-22H,1-18H2,(H2,27,28,29)(H2,30,31,32)(H2,33,34,35)(H2,36,37,38). The summed E-state index contributed by atoms with van der Waals surface area (Å²) in [6.07, 6.45) is 3.76. The third kappa shape index (κ3) is 12.7. The van der Waals surface area contributed by atoms with Gasteiger partial charge in [-0.2, -0.15) is 0 Å². The first-order valence-electron chi connectivity index (χ1n) is 14.5. The Bertz CT molecular complexity index is 902. The van der Waals surface area contributed by atoms with Crippen LogP contribution in [0.1, 0.15) is 64.2 Å². The second kappa shape index (κ2) is 15.4. The molecule has 42 heavy (non-hydrogen) atoms. The Hall–Kier alpha value is 0.440. The Morgan fingerprint density at radius 3 is 0.738 bits per heavy atom. The lowest BCUT2D eigenvalue weighted by molar-refractivity contribution is 0.0326. The van der Waals surface area contributed by atoms with Crippen LogP contribution >= 0.6 is 30.4 Å². The molecule has 0 bridgehead atoms. The molecule has 20 heteroatoms. The smallest absolute Gasteiger partial charge is 0.324 e. The average molecular weight is 685 g/mol. The molecule has 4 unspecified atom stereocenters. The van der Waals surface area contributed by atoms with Gasteiger partial charge < -0.3 is 39.1 Å². The molecule has 248 valence electrons. The summed E-state index contributed by atoms with van der Waals surface area (Å²) < 4.78 is 48.7. The zero-order chi connectivity index (χ0) is 31.3. The van der Waals surface area contributed by atoms with Gasteiger partial charge >= 0.3 is 30.4 Å². The lowest BCUT2D eigenvalue weighted by atomic mass is 9.87. The number of nitrogens with zero attached hydrogens (tertiary/aromatic N) is 4. The van der Waals surface area contributed by atoms with Gasteiger partial charge in [0.25, 0.3) is 0 Å². The van der Waals surface area contributed by atoms with Gasteiger partial charge in [-0.3, -0.25) is 37.9 Å². The predicted octanol–water partition coefficient (Wildman–Crippen LogP) is 1.15. The summed E-state index contributed by atoms with van der Waals surface area (Å²) in [4.78, 5) is 86.0. The largest absolute Gasteiger partial charge is 0.339 e. The quantitative estimate of drug-likeness (QED) is 0.167. The maximum atomic E-state index is 12.2. The van der Waals surface area contributed by atoms with E-state index >= 15 is 0 Å². The fourth-order valence-corrected chi connectivity index (χ4v) is 10.5. The summed E-state index contributed by atoms with van der Waals surface area (Å²) in [6.45, 7) is 0.767. The van der Waals surface area contributed by atoms with Crippen LogP contribution in [0, 0.1) is 0 Å². The Kier molecular flexibility index (Phi) is 13.5. The Morgan fingerprint density at radius 2 is 0.571 bits per heavy atom. The highest BCUT2D eigenvalue weighted by molar-refractivity contribution is 7.52. The fraction of sp³-hybridized carbons (Fsp3) is 1.00. The molecule has 2 aliphatic carbocycles. The van der Waals surface area contributed by atoms with Crippen molar-refractivity contribution in [3.05, 3.63) is 0 Å². The molecule has 1 saturated heterocycles. The lowest BCUT2D eigenvalue weighted by Crippen LogP contribution is -2.57. The van der Waals surface area contributed by atoms with Crippen molar-refractivity contribution in [3.8, 4) is 0 Å². The van der Waals surface area contributed by atoms with Crippen LogP contribution in [0.15, 0.2) is 0 Å². The van der Waals surface area contributed by atoms with Crippen molar-refractivity contribution in [2.75, 3.05) is 51.3 Å². The van der Waals surface area contributed by atoms with E-state index in [0.29, 0.717) is 38.5 Å². The number of hydrogen-bond acceptors (Lipinski definition) is 8. The molecule has 0 aromatic heterocycles. The average Bonchev–Trinajstić information content (AvgIpc) is 2.83. The first kappa shape index (κ1) is 36.9. The van der Waals surface area contributed by atoms with Gasteiger partial charge in [0.1, 0.15) is 25.1 Å². The van der Waals surface area contributed by atoms with E-state index < -0.39 is 79.7 Å². The lowest BCUT2D eigenvalue weighted by Gasteiger charge is -2.47. The van der Waals surface area contributed by atoms with Crippen LogP contribution in [0.3, 0.4) is 0 Å². The minimum Gasteiger partial charge on any atom is -0.324 e. The van der Waals surface area contributed by atoms with Gasteiger partial charge in [-0.15, -0.1) is 0 Å². The van der Waals surface area contributed by atoms with Crippen molar-refractivity contribution in [1.29, 1.82) is 0 Å². The first-order valence-corrected chi connectivity index (χ1v) is 21.6. The van der Waals surface area contributed by atoms with Gasteiger partial charge in [0.15, 0.2) is 0 Å². The SMILES string of the molecule is O=P(O)(O)CN1CCCN(CP(=O)(O)O)C2CCCCC2N(CP(=O)(O)O)CCCN(CP(=O)(O)O)C2CCCCC21. The molecule has 1 heterocycles. The molecular weight excluding hydrogens is 636 g/mol. The maximum absolute atomic E-state index is 12.2. The minimum absolute atomic E-state index is 0.192. The molecule has 16 nitrogen and oxygen atoms in total. The van der Waals surface area contributed by atoms with Crippen LogP contribution in [0.25, 0.3) is 0 Å². The van der Waals surface area contributed by atoms with Gasteiger partial charge in [0.2, 0.25) is 0 Å². The van der Waals surface area contributed by atoms with Crippen molar-refractivity contribution in [3.63, 3.8) is 0 Å². The number of rotatable bonds is 8. The van der Waals surface area contributed by atoms with E-state index in [1.54, 1.807) is 19.6 Å². The van der Waals surface area contributed by atoms with E-state index in [4.69, 9.17) is 0 Å². The van der Waals surface area contributed by atoms with Crippen LogP contribution in [0.5, 0.6) is 0 Å². The van der Waals surface area contributed by atoms with Crippen LogP contribution in [0.4, 0.5) is 0 Å². The van der Waals surface area contributed by atoms with Gasteiger partial charge in [-0.1, -0.05) is 25.7 Å². The van der Waals surface area contributed by atoms with E-state index in [1.165, 1.54) is 0 Å². The highest BCUT2D eigenvalue weighted by Crippen LogP contribution is 2.44. The van der Waals surface area contributed by atoms with Gasteiger partial charge in [0, 0.05) is 50.3 Å². The van der Waals surface area contributed by atoms with Crippen LogP contribution in [0.2, 0.25) is 0 Å². The molecule has 0 spiro atoms. The third-order valence-electron chi connectivity index (χ3n) is 8.51. The molecule has 3 aliphatic rings. The third-order valence-corrected chi connectivity index (χ3v) is 11.4. The summed E-state index contributed by atoms with van der Waals surface area (Å²) >= 11 is 0. The van der Waals surface area contributed by atoms with Crippen LogP contribution < -0.4 is 0 Å². The topological polar surface area (TPSA) is 243 Å². The zero-order valence-corrected chi connectivity index (χ0v) is 27.4. The molecule has 1 aliphatic heterocycles. The molecule has 0 radical (unpaired) electrons. The highest BCUT2D eigenvalue weighted by atomic mass is 31.2. The monoisotopic (exact) mass is 684 g/mol. The summed E-state index contributed by atoms with van der Waals surface area (Å²) in [5.74, 6) is 0. The van der Waals surface area contributed by atoms with Crippen molar-refractivity contribution in [1.82, 2.24) is 19.6 Å². The summed E-state index contributed by atoms with van der Waals surface area (Å²) in [5.41, 5.74) is 0. The van der Waals surface area contributed by atoms with Crippen molar-refractivity contribution in [2.45, 2.75) is 88.4 Å². The normalized spacial score (nSPS) is 29.9. The summed E-state index contributed by atoms with van der Waals surface area (Å²) in [6, 6.07) is -1.65. The second-order valence-electron chi connectivity index (χ2n) is 12.0. The summed E-state index contributed by atoms with van der Waals surface area (Å²) in [5, 5.41) is 0. The predicted molar refractivity (Wildman–Crippen MR) is 156 cm³/mol. The molecule has 0 aromatic rings. The van der Waals surface area contributed by atoms with E-state index in [-0.39, 0.29) is 26.2 Å². The molecule has 4 atom stereocenters. The first-order chi connectivity index (χ1) is 19.3. The van der Waals surface area contributed by atoms with Crippen LogP contribution in [-0.2, 0) is 18.3 Å². The molecule has 2 saturated carbocycles. The van der Waals surface area contributed by atoms with Crippen molar-refractivity contribution >= 4 is 30.4 Å². The van der Waals surface area contributed by atoms with E-state index in [0.717, 1.165) is 25.7 Å². The molecule has 3 fully saturated rings. The summed E-state index contributed by atoms with van der Waals surface area (Å²) in [7, 11) is -18.1. The highest BCUT2D eigenvalue weighted by Gasteiger charge is 2.41. The van der Waals surface area contributed by atoms with Crippen molar-refractivity contribution in [2.24, 2.45) is 0 Å². The maximum Gasteiger partial charge on any atom is 0.339 e. The fourth-order valence-electron chi connectivity index (χ4n) is 7.15. The molecule has 0 amide bonds. The Morgan fingerprint density at radius 1 is 0.381 bits per heavy atom. The molecule has 8 N–H and O–H groups in total. The van der Waals surface area contributed by atoms with Crippen molar-refractivity contribution < 1.29 is 57.4 Å². The Balaban J connectivity index is 2.03. The molecule has 0 aromatic carbocycles. The van der Waals surface area contributed by atoms with E-state index in [1.807, 2.05) is 0 Å². The number of hydrogen-bond donors (Lipinski definition) is 8. The Labute approximate surface area is 247 Å². The van der Waals surface area contributed by atoms with Gasteiger partial charge in [-0.05, 0) is 38.5 Å². The number of fused-ring (bicyclic) bond motifs is 2. The van der Waals surface area contributed by atoms with E-state index in [9.17, 15) is 57.4 Å². The van der Waals surface area contributed by atoms with E-state index in [2.05, 4.69) is 0 Å². The van der Waals surface area contributed by atoms with Gasteiger partial charge in [-0.25, -0.2) is 0 Å². The molecule has 3 rings (SSSR count). The molecular formula is C22H48N4O12P4. The van der Waals surface area contributed by atoms with Gasteiger partial charge in [0.05, 0.1) is 0 Å².